The first-order valence-electron chi connectivity index (χ1n) is 22.7. The van der Waals surface area contributed by atoms with E-state index in [1.165, 1.54) is 17.8 Å². The SMILES string of the molecule is Cc1cc(-c2ccc(CN3CC[C@@H](N4CCN(c5cc6c(cc5F)C(=O)N(C5CCC(=O)NC5=O)C6=O)CC4)C[C@H]3C)cc2)ccc1-n1cc(C(=O)NCc2nc(C(C)(C)C(F)(F)F)n[nH]2)cn1. The maximum Gasteiger partial charge on any atom is 0.401 e. The number of carbonyl (C=O) groups is 5. The van der Waals surface area contributed by atoms with Crippen LogP contribution in [0.5, 0.6) is 0 Å². The number of aromatic nitrogens is 5. The summed E-state index contributed by atoms with van der Waals surface area (Å²) < 4.78 is 57.4. The van der Waals surface area contributed by atoms with E-state index in [2.05, 4.69) is 78.0 Å². The van der Waals surface area contributed by atoms with E-state index in [0.29, 0.717) is 25.2 Å². The van der Waals surface area contributed by atoms with Crippen LogP contribution in [0.15, 0.2) is 67.0 Å². The van der Waals surface area contributed by atoms with E-state index in [4.69, 9.17) is 0 Å². The Morgan fingerprint density at radius 3 is 2.26 bits per heavy atom. The number of piperazine rings is 1. The monoisotopic (exact) mass is 937 g/mol. The van der Waals surface area contributed by atoms with Gasteiger partial charge in [-0.15, -0.1) is 0 Å². The Hall–Kier alpha value is -6.80. The molecule has 0 spiro atoms. The molecule has 356 valence electrons. The third kappa shape index (κ3) is 8.89. The minimum Gasteiger partial charge on any atom is -0.367 e. The topological polar surface area (TPSA) is 182 Å². The van der Waals surface area contributed by atoms with Gasteiger partial charge in [0.1, 0.15) is 23.1 Å². The number of alkyl halides is 3. The van der Waals surface area contributed by atoms with Crippen molar-refractivity contribution in [2.24, 2.45) is 0 Å². The molecule has 0 saturated carbocycles. The predicted molar refractivity (Wildman–Crippen MR) is 240 cm³/mol. The van der Waals surface area contributed by atoms with Crippen molar-refractivity contribution in [3.63, 3.8) is 0 Å². The van der Waals surface area contributed by atoms with Gasteiger partial charge in [-0.05, 0) is 93.5 Å². The highest BCUT2D eigenvalue weighted by Crippen LogP contribution is 2.39. The highest BCUT2D eigenvalue weighted by molar-refractivity contribution is 6.23. The van der Waals surface area contributed by atoms with Crippen LogP contribution in [0.3, 0.4) is 0 Å². The van der Waals surface area contributed by atoms with Crippen molar-refractivity contribution < 1.29 is 41.5 Å². The first-order valence-corrected chi connectivity index (χ1v) is 22.7. The molecule has 16 nitrogen and oxygen atoms in total. The van der Waals surface area contributed by atoms with Gasteiger partial charge >= 0.3 is 6.18 Å². The Balaban J connectivity index is 0.749. The molecule has 68 heavy (non-hydrogen) atoms. The number of carbonyl (C=O) groups excluding carboxylic acids is 5. The maximum atomic E-state index is 15.6. The van der Waals surface area contributed by atoms with Crippen LogP contribution in [0, 0.1) is 12.7 Å². The van der Waals surface area contributed by atoms with E-state index in [-0.39, 0.29) is 47.6 Å². The van der Waals surface area contributed by atoms with Crippen molar-refractivity contribution in [3.8, 4) is 16.8 Å². The lowest BCUT2D eigenvalue weighted by molar-refractivity contribution is -0.182. The van der Waals surface area contributed by atoms with Crippen LogP contribution in [0.4, 0.5) is 23.2 Å². The van der Waals surface area contributed by atoms with Gasteiger partial charge in [0.2, 0.25) is 11.8 Å². The van der Waals surface area contributed by atoms with Crippen molar-refractivity contribution in [1.82, 2.24) is 50.3 Å². The van der Waals surface area contributed by atoms with E-state index in [0.717, 1.165) is 86.2 Å². The second-order valence-corrected chi connectivity index (χ2v) is 18.6. The molecule has 5 aromatic rings. The van der Waals surface area contributed by atoms with Gasteiger partial charge in [0.15, 0.2) is 5.82 Å². The molecule has 1 unspecified atom stereocenters. The number of aryl methyl sites for hydroxylation is 1. The van der Waals surface area contributed by atoms with Gasteiger partial charge in [-0.3, -0.25) is 49.1 Å². The summed E-state index contributed by atoms with van der Waals surface area (Å²) in [6, 6.07) is 16.7. The number of rotatable bonds is 11. The molecule has 5 amide bonds. The normalized spacial score (nSPS) is 20.8. The average molecular weight is 938 g/mol. The van der Waals surface area contributed by atoms with Crippen LogP contribution in [0.25, 0.3) is 16.8 Å². The molecule has 3 saturated heterocycles. The molecular weight excluding hydrogens is 887 g/mol. The molecule has 2 aromatic heterocycles. The van der Waals surface area contributed by atoms with Crippen LogP contribution in [0.2, 0.25) is 0 Å². The lowest BCUT2D eigenvalue weighted by atomic mass is 9.92. The Labute approximate surface area is 389 Å². The molecule has 3 aromatic carbocycles. The molecule has 20 heteroatoms. The van der Waals surface area contributed by atoms with Crippen molar-refractivity contribution in [2.45, 2.75) is 96.2 Å². The molecule has 6 heterocycles. The smallest absolute Gasteiger partial charge is 0.367 e. The largest absolute Gasteiger partial charge is 0.401 e. The molecule has 0 aliphatic carbocycles. The van der Waals surface area contributed by atoms with Crippen LogP contribution < -0.4 is 15.5 Å². The van der Waals surface area contributed by atoms with Gasteiger partial charge in [0, 0.05) is 64.0 Å². The predicted octanol–water partition coefficient (Wildman–Crippen LogP) is 5.45. The summed E-state index contributed by atoms with van der Waals surface area (Å²) in [4.78, 5) is 75.2. The fourth-order valence-electron chi connectivity index (χ4n) is 9.56. The van der Waals surface area contributed by atoms with Crippen LogP contribution in [-0.2, 0) is 28.1 Å². The number of nitrogens with zero attached hydrogens (tertiary/aromatic N) is 8. The number of hydrogen-bond acceptors (Lipinski definition) is 11. The lowest BCUT2D eigenvalue weighted by Gasteiger charge is -2.45. The molecule has 3 N–H and O–H groups in total. The van der Waals surface area contributed by atoms with E-state index < -0.39 is 58.8 Å². The Morgan fingerprint density at radius 2 is 1.59 bits per heavy atom. The second kappa shape index (κ2) is 18.0. The number of anilines is 1. The van der Waals surface area contributed by atoms with Gasteiger partial charge < -0.3 is 10.2 Å². The van der Waals surface area contributed by atoms with Gasteiger partial charge in [0.05, 0.1) is 40.8 Å². The second-order valence-electron chi connectivity index (χ2n) is 18.6. The Bertz CT molecular complexity index is 2800. The molecule has 3 atom stereocenters. The summed E-state index contributed by atoms with van der Waals surface area (Å²) in [6.45, 7) is 10.3. The number of nitrogens with one attached hydrogen (secondary N) is 3. The third-order valence-electron chi connectivity index (χ3n) is 13.8. The quantitative estimate of drug-likeness (QED) is 0.113. The van der Waals surface area contributed by atoms with Crippen molar-refractivity contribution in [2.75, 3.05) is 37.6 Å². The molecule has 3 fully saturated rings. The first kappa shape index (κ1) is 46.3. The zero-order valence-electron chi connectivity index (χ0n) is 38.0. The summed E-state index contributed by atoms with van der Waals surface area (Å²) >= 11 is 0. The fraction of sp³-hybridized carbons (Fsp3) is 0.417. The maximum absolute atomic E-state index is 15.6. The van der Waals surface area contributed by atoms with Gasteiger partial charge in [-0.2, -0.15) is 23.4 Å². The summed E-state index contributed by atoms with van der Waals surface area (Å²) in [6.07, 6.45) is 0.490. The minimum atomic E-state index is -4.54. The first-order chi connectivity index (χ1) is 32.4. The highest BCUT2D eigenvalue weighted by atomic mass is 19.4. The number of imide groups is 2. The van der Waals surface area contributed by atoms with Gasteiger partial charge in [0.25, 0.3) is 17.7 Å². The van der Waals surface area contributed by atoms with E-state index in [9.17, 15) is 37.1 Å². The van der Waals surface area contributed by atoms with Crippen molar-refractivity contribution in [1.29, 1.82) is 0 Å². The Kier molecular flexibility index (Phi) is 12.3. The standard InChI is InChI=1S/C48H51F4N11O5/c1-27-19-31(9-10-37(27)62-26-32(23-54-62)42(65)53-24-40-55-46(58-57-40)47(3,4)48(50,51)52)30-7-5-29(6-8-30)25-61-14-13-33(20-28(61)2)59-15-17-60(18-16-59)39-22-35-34(21-36(39)49)44(67)63(45(35)68)38-11-12-41(64)56-43(38)66/h5-10,19,21-23,26,28,33,38H,11-18,20,24-25H2,1-4H3,(H,53,65)(H,55,57,58)(H,56,64,66)/t28-,33-,38?/m1/s1. The van der Waals surface area contributed by atoms with E-state index in [1.54, 1.807) is 10.9 Å². The number of piperidine rings is 2. The number of hydrogen-bond donors (Lipinski definition) is 3. The zero-order chi connectivity index (χ0) is 48.2. The van der Waals surface area contributed by atoms with E-state index in [1.807, 2.05) is 24.0 Å². The molecule has 4 aliphatic heterocycles. The Morgan fingerprint density at radius 1 is 0.882 bits per heavy atom. The van der Waals surface area contributed by atoms with Gasteiger partial charge in [-0.1, -0.05) is 30.3 Å². The number of amides is 5. The fourth-order valence-corrected chi connectivity index (χ4v) is 9.56. The number of H-pyrrole nitrogens is 1. The van der Waals surface area contributed by atoms with Crippen molar-refractivity contribution >= 4 is 35.2 Å². The highest BCUT2D eigenvalue weighted by Gasteiger charge is 2.51. The third-order valence-corrected chi connectivity index (χ3v) is 13.8. The zero-order valence-corrected chi connectivity index (χ0v) is 38.0. The number of benzene rings is 3. The van der Waals surface area contributed by atoms with Crippen molar-refractivity contribution in [3.05, 3.63) is 112 Å². The summed E-state index contributed by atoms with van der Waals surface area (Å²) in [5.74, 6) is -3.93. The number of aromatic amines is 1. The minimum absolute atomic E-state index is 0.00623. The molecule has 0 bridgehead atoms. The van der Waals surface area contributed by atoms with Crippen LogP contribution >= 0.6 is 0 Å². The van der Waals surface area contributed by atoms with Crippen LogP contribution in [-0.4, -0.2) is 126 Å². The average Bonchev–Trinajstić information content (AvgIpc) is 4.05. The lowest BCUT2D eigenvalue weighted by Crippen LogP contribution is -2.55. The van der Waals surface area contributed by atoms with Gasteiger partial charge in [-0.25, -0.2) is 14.1 Å². The van der Waals surface area contributed by atoms with Crippen LogP contribution in [0.1, 0.15) is 100 Å². The molecular formula is C48H51F4N11O5. The summed E-state index contributed by atoms with van der Waals surface area (Å²) in [5.41, 5.74) is 3.26. The number of fused-ring (bicyclic) bond motifs is 1. The summed E-state index contributed by atoms with van der Waals surface area (Å²) in [5, 5.41) is 15.4. The van der Waals surface area contributed by atoms with E-state index >= 15 is 4.39 Å². The number of likely N-dealkylation sites (tertiary alicyclic amines) is 1. The molecule has 0 radical (unpaired) electrons. The number of halogens is 4. The molecule has 9 rings (SSSR count). The molecule has 4 aliphatic rings. The summed E-state index contributed by atoms with van der Waals surface area (Å²) in [7, 11) is 0.